The smallest absolute Gasteiger partial charge is 0.0316 e. The number of rotatable bonds is 18. The molecule has 4 aromatic rings. The van der Waals surface area contributed by atoms with Crippen molar-refractivity contribution < 1.29 is 0 Å². The summed E-state index contributed by atoms with van der Waals surface area (Å²) in [5, 5.41) is 0. The average Bonchev–Trinajstić information content (AvgIpc) is 3.13. The molecule has 1 saturated carbocycles. The molecule has 0 amide bonds. The van der Waals surface area contributed by atoms with Crippen molar-refractivity contribution in [3.05, 3.63) is 129 Å². The van der Waals surface area contributed by atoms with Gasteiger partial charge in [-0.1, -0.05) is 146 Å². The number of benzene rings is 4. The van der Waals surface area contributed by atoms with Gasteiger partial charge in [-0.3, -0.25) is 0 Å². The molecule has 0 bridgehead atoms. The molecule has 0 aliphatic heterocycles. The van der Waals surface area contributed by atoms with Crippen LogP contribution in [0, 0.1) is 19.8 Å². The molecule has 0 heterocycles. The van der Waals surface area contributed by atoms with Gasteiger partial charge in [0.1, 0.15) is 0 Å². The van der Waals surface area contributed by atoms with Gasteiger partial charge >= 0.3 is 0 Å². The van der Waals surface area contributed by atoms with Crippen LogP contribution in [-0.2, 0) is 5.41 Å². The first kappa shape index (κ1) is 38.7. The second-order valence-electron chi connectivity index (χ2n) is 16.1. The highest BCUT2D eigenvalue weighted by Crippen LogP contribution is 2.48. The zero-order valence-corrected chi connectivity index (χ0v) is 32.8. The number of unbranched alkanes of at least 4 members (excludes halogenated alkanes) is 6. The Bertz CT molecular complexity index is 1510. The van der Waals surface area contributed by atoms with Crippen LogP contribution in [0.15, 0.2) is 84.9 Å². The predicted octanol–water partition coefficient (Wildman–Crippen LogP) is 13.9. The molecule has 1 fully saturated rings. The molecule has 274 valence electrons. The molecule has 4 aromatic carbocycles. The van der Waals surface area contributed by atoms with E-state index in [4.69, 9.17) is 11.5 Å². The second-order valence-corrected chi connectivity index (χ2v) is 16.1. The van der Waals surface area contributed by atoms with Crippen LogP contribution in [0.2, 0.25) is 0 Å². The zero-order valence-electron chi connectivity index (χ0n) is 32.8. The summed E-state index contributed by atoms with van der Waals surface area (Å²) in [5.41, 5.74) is 25.5. The minimum atomic E-state index is 0.0583. The Morgan fingerprint density at radius 2 is 0.980 bits per heavy atom. The van der Waals surface area contributed by atoms with Crippen molar-refractivity contribution in [3.63, 3.8) is 0 Å². The van der Waals surface area contributed by atoms with Crippen LogP contribution >= 0.6 is 0 Å². The van der Waals surface area contributed by atoms with Crippen LogP contribution in [-0.4, -0.2) is 0 Å². The Balaban J connectivity index is 1.48. The third-order valence-corrected chi connectivity index (χ3v) is 12.4. The highest BCUT2D eigenvalue weighted by molar-refractivity contribution is 5.51. The van der Waals surface area contributed by atoms with Crippen LogP contribution in [0.5, 0.6) is 0 Å². The summed E-state index contributed by atoms with van der Waals surface area (Å²) < 4.78 is 0. The lowest BCUT2D eigenvalue weighted by atomic mass is 9.62. The number of nitrogens with two attached hydrogens (primary N) is 2. The molecule has 2 nitrogen and oxygen atoms in total. The Kier molecular flexibility index (Phi) is 14.3. The summed E-state index contributed by atoms with van der Waals surface area (Å²) in [7, 11) is 0. The molecule has 1 aliphatic carbocycles. The Hall–Kier alpha value is -3.52. The van der Waals surface area contributed by atoms with Crippen molar-refractivity contribution in [1.29, 1.82) is 0 Å². The number of nitrogen functional groups attached to an aromatic ring is 2. The third-order valence-electron chi connectivity index (χ3n) is 12.4. The van der Waals surface area contributed by atoms with E-state index in [1.54, 1.807) is 0 Å². The number of aryl methyl sites for hydroxylation is 2. The lowest BCUT2D eigenvalue weighted by Gasteiger charge is -2.42. The SMILES string of the molecule is CCCCCCC(c1ccc(C2(c3ccc(C(CCCCCC)c4ccc(N)cc4C)cc3)CCC(CCC)CC2)cc1)c1ccc(N)cc1C. The van der Waals surface area contributed by atoms with Gasteiger partial charge in [-0.2, -0.15) is 0 Å². The lowest BCUT2D eigenvalue weighted by Crippen LogP contribution is -2.33. The van der Waals surface area contributed by atoms with Crippen LogP contribution in [0.3, 0.4) is 0 Å². The van der Waals surface area contributed by atoms with Gasteiger partial charge in [-0.25, -0.2) is 0 Å². The van der Waals surface area contributed by atoms with E-state index in [0.29, 0.717) is 11.8 Å². The van der Waals surface area contributed by atoms with Gasteiger partial charge in [-0.15, -0.1) is 0 Å². The predicted molar refractivity (Wildman–Crippen MR) is 223 cm³/mol. The Morgan fingerprint density at radius 1 is 0.549 bits per heavy atom. The van der Waals surface area contributed by atoms with E-state index in [1.165, 1.54) is 147 Å². The molecule has 0 radical (unpaired) electrons. The van der Waals surface area contributed by atoms with Crippen molar-refractivity contribution in [1.82, 2.24) is 0 Å². The molecule has 4 N–H and O–H groups in total. The first-order chi connectivity index (χ1) is 24.8. The lowest BCUT2D eigenvalue weighted by molar-refractivity contribution is 0.253. The summed E-state index contributed by atoms with van der Waals surface area (Å²) in [6, 6.07) is 33.0. The van der Waals surface area contributed by atoms with Gasteiger partial charge < -0.3 is 11.5 Å². The van der Waals surface area contributed by atoms with E-state index < -0.39 is 0 Å². The van der Waals surface area contributed by atoms with Crippen molar-refractivity contribution in [2.45, 2.75) is 155 Å². The number of anilines is 2. The minimum Gasteiger partial charge on any atom is -0.399 e. The molecule has 2 heteroatoms. The van der Waals surface area contributed by atoms with Crippen molar-refractivity contribution in [2.24, 2.45) is 5.92 Å². The molecule has 1 aliphatic rings. The van der Waals surface area contributed by atoms with E-state index in [2.05, 4.69) is 120 Å². The van der Waals surface area contributed by atoms with Crippen molar-refractivity contribution in [2.75, 3.05) is 11.5 Å². The molecule has 2 atom stereocenters. The van der Waals surface area contributed by atoms with E-state index in [0.717, 1.165) is 17.3 Å². The van der Waals surface area contributed by atoms with Crippen LogP contribution < -0.4 is 11.5 Å². The molecule has 0 spiro atoms. The molecule has 2 unspecified atom stereocenters. The molecule has 0 aromatic heterocycles. The summed E-state index contributed by atoms with van der Waals surface area (Å²) in [5.74, 6) is 1.65. The van der Waals surface area contributed by atoms with Gasteiger partial charge in [0.15, 0.2) is 0 Å². The van der Waals surface area contributed by atoms with Gasteiger partial charge in [0.2, 0.25) is 0 Å². The van der Waals surface area contributed by atoms with Crippen molar-refractivity contribution >= 4 is 11.4 Å². The maximum atomic E-state index is 6.20. The molecular formula is C49H68N2. The Labute approximate surface area is 311 Å². The fourth-order valence-electron chi connectivity index (χ4n) is 9.41. The zero-order chi connectivity index (χ0) is 36.2. The third kappa shape index (κ3) is 9.68. The number of hydrogen-bond donors (Lipinski definition) is 2. The van der Waals surface area contributed by atoms with Crippen LogP contribution in [0.25, 0.3) is 0 Å². The topological polar surface area (TPSA) is 52.0 Å². The summed E-state index contributed by atoms with van der Waals surface area (Å²) >= 11 is 0. The highest BCUT2D eigenvalue weighted by Gasteiger charge is 2.38. The summed E-state index contributed by atoms with van der Waals surface area (Å²) in [4.78, 5) is 0. The van der Waals surface area contributed by atoms with Crippen LogP contribution in [0.1, 0.15) is 180 Å². The van der Waals surface area contributed by atoms with Gasteiger partial charge in [-0.05, 0) is 127 Å². The minimum absolute atomic E-state index is 0.0583. The van der Waals surface area contributed by atoms with Gasteiger partial charge in [0, 0.05) is 28.6 Å². The first-order valence-corrected chi connectivity index (χ1v) is 20.7. The van der Waals surface area contributed by atoms with Crippen molar-refractivity contribution in [3.8, 4) is 0 Å². The molecule has 5 rings (SSSR count). The average molecular weight is 685 g/mol. The highest BCUT2D eigenvalue weighted by atomic mass is 14.5. The second kappa shape index (κ2) is 18.8. The maximum absolute atomic E-state index is 6.20. The summed E-state index contributed by atoms with van der Waals surface area (Å²) in [6.07, 6.45) is 20.4. The normalized spacial score (nSPS) is 18.8. The monoisotopic (exact) mass is 685 g/mol. The van der Waals surface area contributed by atoms with E-state index in [1.807, 2.05) is 0 Å². The fraction of sp³-hybridized carbons (Fsp3) is 0.510. The molecule has 0 saturated heterocycles. The number of hydrogen-bond acceptors (Lipinski definition) is 2. The Morgan fingerprint density at radius 3 is 1.35 bits per heavy atom. The van der Waals surface area contributed by atoms with E-state index in [9.17, 15) is 0 Å². The summed E-state index contributed by atoms with van der Waals surface area (Å²) in [6.45, 7) is 11.4. The fourth-order valence-corrected chi connectivity index (χ4v) is 9.41. The van der Waals surface area contributed by atoms with Gasteiger partial charge in [0.05, 0.1) is 0 Å². The van der Waals surface area contributed by atoms with E-state index >= 15 is 0 Å². The van der Waals surface area contributed by atoms with Gasteiger partial charge in [0.25, 0.3) is 0 Å². The largest absolute Gasteiger partial charge is 0.399 e. The molecule has 51 heavy (non-hydrogen) atoms. The van der Waals surface area contributed by atoms with E-state index in [-0.39, 0.29) is 5.41 Å². The quantitative estimate of drug-likeness (QED) is 0.0809. The maximum Gasteiger partial charge on any atom is 0.0316 e. The first-order valence-electron chi connectivity index (χ1n) is 20.7. The molecular weight excluding hydrogens is 617 g/mol. The van der Waals surface area contributed by atoms with Crippen LogP contribution in [0.4, 0.5) is 11.4 Å². The standard InChI is InChI=1S/C49H68N2/c1-6-9-11-13-16-47(45-28-26-43(50)34-36(45)4)39-18-22-41(23-19-39)49(32-30-38(15-8-3)31-33-49)42-24-20-40(21-25-42)48(17-14-12-10-7-2)46-29-27-44(51)35-37(46)5/h18-29,34-35,38,47-48H,6-17,30-33,50-51H2,1-5H3.